The van der Waals surface area contributed by atoms with Gasteiger partial charge in [0.2, 0.25) is 0 Å². The van der Waals surface area contributed by atoms with E-state index in [1.807, 2.05) is 0 Å². The lowest BCUT2D eigenvalue weighted by atomic mass is 9.89. The van der Waals surface area contributed by atoms with Gasteiger partial charge in [-0.2, -0.15) is 0 Å². The Bertz CT molecular complexity index is 307. The van der Waals surface area contributed by atoms with Gasteiger partial charge in [-0.15, -0.1) is 0 Å². The molecule has 2 rings (SSSR count). The summed E-state index contributed by atoms with van der Waals surface area (Å²) < 4.78 is 0. The van der Waals surface area contributed by atoms with Gasteiger partial charge in [-0.1, -0.05) is 31.2 Å². The summed E-state index contributed by atoms with van der Waals surface area (Å²) in [4.78, 5) is 0. The van der Waals surface area contributed by atoms with Gasteiger partial charge in [0.05, 0.1) is 0 Å². The van der Waals surface area contributed by atoms with Crippen molar-refractivity contribution in [3.05, 3.63) is 35.4 Å². The molecule has 0 heterocycles. The maximum Gasteiger partial charge on any atom is 0.0108 e. The van der Waals surface area contributed by atoms with Gasteiger partial charge in [0.1, 0.15) is 0 Å². The number of nitrogens with two attached hydrogens (primary N) is 1. The number of hydrogen-bond acceptors (Lipinski definition) is 1. The van der Waals surface area contributed by atoms with Crippen LogP contribution in [0.1, 0.15) is 37.8 Å². The number of hydrogen-bond donors (Lipinski definition) is 1. The molecule has 0 aliphatic heterocycles. The van der Waals surface area contributed by atoms with E-state index in [1.165, 1.54) is 24.0 Å². The van der Waals surface area contributed by atoms with Crippen LogP contribution in [0.3, 0.4) is 0 Å². The molecule has 1 aromatic rings. The lowest BCUT2D eigenvalue weighted by molar-refractivity contribution is 0.556. The highest BCUT2D eigenvalue weighted by Crippen LogP contribution is 2.50. The Hall–Kier alpha value is -0.820. The molecular weight excluding hydrogens is 170 g/mol. The van der Waals surface area contributed by atoms with Gasteiger partial charge in [0.25, 0.3) is 0 Å². The average Bonchev–Trinajstić information content (AvgIpc) is 2.99. The molecule has 0 aromatic heterocycles. The smallest absolute Gasteiger partial charge is 0.0108 e. The molecule has 0 radical (unpaired) electrons. The highest BCUT2D eigenvalue weighted by Gasteiger charge is 2.47. The standard InChI is InChI=1S/C13H19N/c1-3-11-4-6-12(7-5-11)13(8-9-13)10(2)14/h4-7,10H,3,8-9,14H2,1-2H3. The van der Waals surface area contributed by atoms with Crippen LogP contribution < -0.4 is 5.73 Å². The summed E-state index contributed by atoms with van der Waals surface area (Å²) in [5.74, 6) is 0. The second-order valence-corrected chi connectivity index (χ2v) is 4.50. The van der Waals surface area contributed by atoms with E-state index in [1.54, 1.807) is 0 Å². The third-order valence-corrected chi connectivity index (χ3v) is 3.60. The normalized spacial score (nSPS) is 20.5. The third-order valence-electron chi connectivity index (χ3n) is 3.60. The zero-order valence-corrected chi connectivity index (χ0v) is 9.09. The fourth-order valence-electron chi connectivity index (χ4n) is 2.21. The van der Waals surface area contributed by atoms with Gasteiger partial charge in [-0.25, -0.2) is 0 Å². The van der Waals surface area contributed by atoms with Gasteiger partial charge in [0, 0.05) is 11.5 Å². The monoisotopic (exact) mass is 189 g/mol. The Balaban J connectivity index is 2.25. The van der Waals surface area contributed by atoms with E-state index in [2.05, 4.69) is 38.1 Å². The molecule has 14 heavy (non-hydrogen) atoms. The number of aryl methyl sites for hydroxylation is 1. The first-order valence-corrected chi connectivity index (χ1v) is 5.54. The summed E-state index contributed by atoms with van der Waals surface area (Å²) in [6.45, 7) is 4.31. The number of rotatable bonds is 3. The predicted octanol–water partition coefficient (Wildman–Crippen LogP) is 2.63. The van der Waals surface area contributed by atoms with Crippen molar-refractivity contribution in [1.29, 1.82) is 0 Å². The molecule has 1 aliphatic rings. The summed E-state index contributed by atoms with van der Waals surface area (Å²) in [5.41, 5.74) is 9.19. The topological polar surface area (TPSA) is 26.0 Å². The molecule has 0 saturated heterocycles. The first-order valence-electron chi connectivity index (χ1n) is 5.54. The zero-order valence-electron chi connectivity index (χ0n) is 9.09. The Labute approximate surface area is 86.3 Å². The minimum atomic E-state index is 0.287. The first kappa shape index (κ1) is 9.72. The molecule has 1 heteroatoms. The number of benzene rings is 1. The van der Waals surface area contributed by atoms with E-state index < -0.39 is 0 Å². The second kappa shape index (κ2) is 3.39. The molecular formula is C13H19N. The molecule has 0 amide bonds. The van der Waals surface area contributed by atoms with Crippen molar-refractivity contribution >= 4 is 0 Å². The summed E-state index contributed by atoms with van der Waals surface area (Å²) in [6.07, 6.45) is 3.64. The van der Waals surface area contributed by atoms with Crippen LogP contribution in [0.4, 0.5) is 0 Å². The van der Waals surface area contributed by atoms with Crippen LogP contribution in [0, 0.1) is 0 Å². The minimum Gasteiger partial charge on any atom is -0.327 e. The maximum atomic E-state index is 6.04. The zero-order chi connectivity index (χ0) is 10.2. The van der Waals surface area contributed by atoms with Crippen LogP contribution in [0.5, 0.6) is 0 Å². The lowest BCUT2D eigenvalue weighted by Crippen LogP contribution is -2.31. The van der Waals surface area contributed by atoms with Crippen molar-refractivity contribution < 1.29 is 0 Å². The fraction of sp³-hybridized carbons (Fsp3) is 0.538. The molecule has 1 nitrogen and oxygen atoms in total. The minimum absolute atomic E-state index is 0.287. The molecule has 1 aliphatic carbocycles. The molecule has 2 N–H and O–H groups in total. The van der Waals surface area contributed by atoms with Crippen molar-refractivity contribution in [3.63, 3.8) is 0 Å². The highest BCUT2D eigenvalue weighted by atomic mass is 14.7. The molecule has 0 spiro atoms. The van der Waals surface area contributed by atoms with Crippen LogP contribution in [0.15, 0.2) is 24.3 Å². The quantitative estimate of drug-likeness (QED) is 0.777. The third kappa shape index (κ3) is 1.46. The van der Waals surface area contributed by atoms with Crippen molar-refractivity contribution in [2.24, 2.45) is 5.73 Å². The van der Waals surface area contributed by atoms with Gasteiger partial charge in [-0.3, -0.25) is 0 Å². The van der Waals surface area contributed by atoms with E-state index in [9.17, 15) is 0 Å². The van der Waals surface area contributed by atoms with Gasteiger partial charge in [-0.05, 0) is 37.3 Å². The Morgan fingerprint density at radius 3 is 2.21 bits per heavy atom. The van der Waals surface area contributed by atoms with Crippen molar-refractivity contribution in [3.8, 4) is 0 Å². The first-order chi connectivity index (χ1) is 6.69. The molecule has 0 bridgehead atoms. The molecule has 1 atom stereocenters. The summed E-state index contributed by atoms with van der Waals surface area (Å²) >= 11 is 0. The largest absolute Gasteiger partial charge is 0.327 e. The average molecular weight is 189 g/mol. The SMILES string of the molecule is CCc1ccc(C2(C(C)N)CC2)cc1. The lowest BCUT2D eigenvalue weighted by Gasteiger charge is -2.20. The van der Waals surface area contributed by atoms with Crippen LogP contribution in [0.25, 0.3) is 0 Å². The van der Waals surface area contributed by atoms with Crippen LogP contribution in [-0.2, 0) is 11.8 Å². The summed E-state index contributed by atoms with van der Waals surface area (Å²) in [6, 6.07) is 9.27. The summed E-state index contributed by atoms with van der Waals surface area (Å²) in [5, 5.41) is 0. The predicted molar refractivity (Wildman–Crippen MR) is 60.4 cm³/mol. The highest BCUT2D eigenvalue weighted by molar-refractivity contribution is 5.35. The van der Waals surface area contributed by atoms with Gasteiger partial charge >= 0.3 is 0 Å². The fourth-order valence-corrected chi connectivity index (χ4v) is 2.21. The van der Waals surface area contributed by atoms with E-state index in [-0.39, 0.29) is 6.04 Å². The molecule has 1 fully saturated rings. The Morgan fingerprint density at radius 1 is 1.29 bits per heavy atom. The molecule has 1 saturated carbocycles. The van der Waals surface area contributed by atoms with Crippen LogP contribution >= 0.6 is 0 Å². The van der Waals surface area contributed by atoms with E-state index in [0.29, 0.717) is 5.41 Å². The van der Waals surface area contributed by atoms with Gasteiger partial charge in [0.15, 0.2) is 0 Å². The molecule has 76 valence electrons. The van der Waals surface area contributed by atoms with E-state index >= 15 is 0 Å². The van der Waals surface area contributed by atoms with Crippen molar-refractivity contribution in [2.45, 2.75) is 44.6 Å². The van der Waals surface area contributed by atoms with Crippen molar-refractivity contribution in [1.82, 2.24) is 0 Å². The Morgan fingerprint density at radius 2 is 1.86 bits per heavy atom. The Kier molecular flexibility index (Phi) is 2.36. The molecule has 1 aromatic carbocycles. The van der Waals surface area contributed by atoms with Gasteiger partial charge < -0.3 is 5.73 Å². The van der Waals surface area contributed by atoms with Crippen LogP contribution in [0.2, 0.25) is 0 Å². The van der Waals surface area contributed by atoms with E-state index in [0.717, 1.165) is 6.42 Å². The maximum absolute atomic E-state index is 6.04. The van der Waals surface area contributed by atoms with Crippen LogP contribution in [-0.4, -0.2) is 6.04 Å². The second-order valence-electron chi connectivity index (χ2n) is 4.50. The van der Waals surface area contributed by atoms with E-state index in [4.69, 9.17) is 5.73 Å². The van der Waals surface area contributed by atoms with Crippen molar-refractivity contribution in [2.75, 3.05) is 0 Å². The molecule has 1 unspecified atom stereocenters. The summed E-state index contributed by atoms with van der Waals surface area (Å²) in [7, 11) is 0.